The first-order valence-electron chi connectivity index (χ1n) is 6.48. The van der Waals surface area contributed by atoms with Crippen molar-refractivity contribution >= 4 is 0 Å². The summed E-state index contributed by atoms with van der Waals surface area (Å²) >= 11 is 0. The first-order chi connectivity index (χ1) is 7.12. The zero-order valence-corrected chi connectivity index (χ0v) is 10.6. The van der Waals surface area contributed by atoms with Crippen LogP contribution in [0.3, 0.4) is 0 Å². The number of rotatable bonds is 5. The average Bonchev–Trinajstić information content (AvgIpc) is 2.27. The summed E-state index contributed by atoms with van der Waals surface area (Å²) in [6, 6.07) is 0. The lowest BCUT2D eigenvalue weighted by Gasteiger charge is -2.40. The Morgan fingerprint density at radius 1 is 1.33 bits per heavy atom. The molecule has 0 heterocycles. The second-order valence-corrected chi connectivity index (χ2v) is 5.56. The van der Waals surface area contributed by atoms with Gasteiger partial charge in [0.05, 0.1) is 6.61 Å². The molecule has 1 saturated carbocycles. The third kappa shape index (κ3) is 3.76. The van der Waals surface area contributed by atoms with Crippen molar-refractivity contribution in [1.29, 1.82) is 0 Å². The molecule has 0 unspecified atom stereocenters. The van der Waals surface area contributed by atoms with Crippen molar-refractivity contribution < 1.29 is 5.11 Å². The van der Waals surface area contributed by atoms with E-state index < -0.39 is 0 Å². The molecule has 15 heavy (non-hydrogen) atoms. The van der Waals surface area contributed by atoms with Crippen molar-refractivity contribution in [3.63, 3.8) is 0 Å². The molecule has 0 amide bonds. The number of hydrogen-bond acceptors (Lipinski definition) is 2. The van der Waals surface area contributed by atoms with Crippen LogP contribution < -0.4 is 5.32 Å². The molecule has 0 atom stereocenters. The van der Waals surface area contributed by atoms with Crippen molar-refractivity contribution in [2.24, 2.45) is 11.8 Å². The van der Waals surface area contributed by atoms with Crippen LogP contribution in [0.2, 0.25) is 0 Å². The molecule has 2 heteroatoms. The minimum atomic E-state index is 0.0376. The van der Waals surface area contributed by atoms with Crippen LogP contribution in [0.5, 0.6) is 0 Å². The first kappa shape index (κ1) is 13.0. The zero-order valence-electron chi connectivity index (χ0n) is 10.6. The quantitative estimate of drug-likeness (QED) is 0.735. The number of hydrogen-bond donors (Lipinski definition) is 2. The summed E-state index contributed by atoms with van der Waals surface area (Å²) in [5.74, 6) is 1.56. The van der Waals surface area contributed by atoms with Gasteiger partial charge in [0.15, 0.2) is 0 Å². The molecule has 1 aliphatic rings. The Kier molecular flexibility index (Phi) is 5.07. The molecule has 1 rings (SSSR count). The van der Waals surface area contributed by atoms with E-state index in [2.05, 4.69) is 26.1 Å². The lowest BCUT2D eigenvalue weighted by molar-refractivity contribution is 0.0985. The maximum Gasteiger partial charge on any atom is 0.0613 e. The number of aliphatic hydroxyl groups is 1. The average molecular weight is 213 g/mol. The Morgan fingerprint density at radius 3 is 2.33 bits per heavy atom. The molecule has 0 aromatic heterocycles. The Hall–Kier alpha value is -0.0800. The van der Waals surface area contributed by atoms with E-state index in [0.29, 0.717) is 12.5 Å². The molecule has 90 valence electrons. The first-order valence-corrected chi connectivity index (χ1v) is 6.48. The molecule has 2 nitrogen and oxygen atoms in total. The van der Waals surface area contributed by atoms with Crippen molar-refractivity contribution in [2.45, 2.75) is 58.4 Å². The van der Waals surface area contributed by atoms with E-state index in [4.69, 9.17) is 0 Å². The maximum absolute atomic E-state index is 9.55. The van der Waals surface area contributed by atoms with Gasteiger partial charge in [0.25, 0.3) is 0 Å². The fourth-order valence-corrected chi connectivity index (χ4v) is 2.45. The summed E-state index contributed by atoms with van der Waals surface area (Å²) in [6.45, 7) is 8.04. The number of aliphatic hydroxyl groups excluding tert-OH is 1. The van der Waals surface area contributed by atoms with Gasteiger partial charge in [0.1, 0.15) is 0 Å². The fraction of sp³-hybridized carbons (Fsp3) is 1.00. The van der Waals surface area contributed by atoms with Crippen molar-refractivity contribution in [3.8, 4) is 0 Å². The van der Waals surface area contributed by atoms with E-state index in [1.54, 1.807) is 0 Å². The summed E-state index contributed by atoms with van der Waals surface area (Å²) in [6.07, 6.45) is 6.15. The Morgan fingerprint density at radius 2 is 1.93 bits per heavy atom. The highest BCUT2D eigenvalue weighted by molar-refractivity contribution is 4.92. The fourth-order valence-electron chi connectivity index (χ4n) is 2.45. The molecule has 0 aliphatic heterocycles. The maximum atomic E-state index is 9.55. The summed E-state index contributed by atoms with van der Waals surface area (Å²) in [4.78, 5) is 0. The molecule has 0 bridgehead atoms. The SMILES string of the molecule is CCC1CCC(CO)(NCC(C)C)CC1. The van der Waals surface area contributed by atoms with Gasteiger partial charge in [-0.15, -0.1) is 0 Å². The largest absolute Gasteiger partial charge is 0.394 e. The van der Waals surface area contributed by atoms with Crippen LogP contribution in [0.4, 0.5) is 0 Å². The van der Waals surface area contributed by atoms with E-state index in [1.165, 1.54) is 19.3 Å². The van der Waals surface area contributed by atoms with E-state index in [1.807, 2.05) is 0 Å². The summed E-state index contributed by atoms with van der Waals surface area (Å²) in [5, 5.41) is 13.1. The predicted octanol–water partition coefficient (Wildman–Crippen LogP) is 2.56. The molecule has 0 saturated heterocycles. The normalized spacial score (nSPS) is 32.2. The predicted molar refractivity (Wildman–Crippen MR) is 64.9 cm³/mol. The zero-order chi connectivity index (χ0) is 11.3. The summed E-state index contributed by atoms with van der Waals surface area (Å²) in [7, 11) is 0. The van der Waals surface area contributed by atoms with Gasteiger partial charge < -0.3 is 10.4 Å². The standard InChI is InChI=1S/C13H27NO/c1-4-12-5-7-13(10-15,8-6-12)14-9-11(2)3/h11-12,14-15H,4-10H2,1-3H3. The van der Waals surface area contributed by atoms with Crippen molar-refractivity contribution in [1.82, 2.24) is 5.32 Å². The van der Waals surface area contributed by atoms with Crippen LogP contribution in [0.1, 0.15) is 52.9 Å². The molecule has 0 aromatic rings. The van der Waals surface area contributed by atoms with Crippen LogP contribution in [-0.4, -0.2) is 23.8 Å². The highest BCUT2D eigenvalue weighted by atomic mass is 16.3. The second-order valence-electron chi connectivity index (χ2n) is 5.56. The molecular formula is C13H27NO. The van der Waals surface area contributed by atoms with Crippen molar-refractivity contribution in [2.75, 3.05) is 13.2 Å². The van der Waals surface area contributed by atoms with Crippen LogP contribution in [-0.2, 0) is 0 Å². The van der Waals surface area contributed by atoms with E-state index in [0.717, 1.165) is 25.3 Å². The monoisotopic (exact) mass is 213 g/mol. The highest BCUT2D eigenvalue weighted by Gasteiger charge is 2.33. The minimum absolute atomic E-state index is 0.0376. The van der Waals surface area contributed by atoms with Gasteiger partial charge in [0.2, 0.25) is 0 Å². The second kappa shape index (κ2) is 5.86. The van der Waals surface area contributed by atoms with E-state index >= 15 is 0 Å². The van der Waals surface area contributed by atoms with Crippen LogP contribution in [0.25, 0.3) is 0 Å². The Bertz CT molecular complexity index is 171. The molecule has 0 radical (unpaired) electrons. The Balaban J connectivity index is 2.41. The van der Waals surface area contributed by atoms with Gasteiger partial charge >= 0.3 is 0 Å². The summed E-state index contributed by atoms with van der Waals surface area (Å²) < 4.78 is 0. The van der Waals surface area contributed by atoms with E-state index in [-0.39, 0.29) is 5.54 Å². The molecule has 0 aromatic carbocycles. The van der Waals surface area contributed by atoms with Gasteiger partial charge in [-0.2, -0.15) is 0 Å². The number of nitrogens with one attached hydrogen (secondary N) is 1. The topological polar surface area (TPSA) is 32.3 Å². The lowest BCUT2D eigenvalue weighted by Crippen LogP contribution is -2.52. The highest BCUT2D eigenvalue weighted by Crippen LogP contribution is 2.33. The molecule has 0 spiro atoms. The summed E-state index contributed by atoms with van der Waals surface area (Å²) in [5.41, 5.74) is 0.0376. The van der Waals surface area contributed by atoms with Crippen molar-refractivity contribution in [3.05, 3.63) is 0 Å². The Labute approximate surface area is 94.5 Å². The third-order valence-corrected chi connectivity index (χ3v) is 3.83. The van der Waals surface area contributed by atoms with Gasteiger partial charge in [-0.05, 0) is 44.1 Å². The van der Waals surface area contributed by atoms with Crippen LogP contribution in [0, 0.1) is 11.8 Å². The molecule has 2 N–H and O–H groups in total. The molecular weight excluding hydrogens is 186 g/mol. The smallest absolute Gasteiger partial charge is 0.0613 e. The van der Waals surface area contributed by atoms with Gasteiger partial charge in [-0.25, -0.2) is 0 Å². The third-order valence-electron chi connectivity index (χ3n) is 3.83. The van der Waals surface area contributed by atoms with Gasteiger partial charge in [0, 0.05) is 5.54 Å². The van der Waals surface area contributed by atoms with Crippen LogP contribution >= 0.6 is 0 Å². The van der Waals surface area contributed by atoms with Gasteiger partial charge in [-0.1, -0.05) is 27.2 Å². The van der Waals surface area contributed by atoms with Gasteiger partial charge in [-0.3, -0.25) is 0 Å². The molecule has 1 fully saturated rings. The lowest BCUT2D eigenvalue weighted by atomic mass is 9.76. The molecule has 1 aliphatic carbocycles. The van der Waals surface area contributed by atoms with E-state index in [9.17, 15) is 5.11 Å². The minimum Gasteiger partial charge on any atom is -0.394 e. The van der Waals surface area contributed by atoms with Crippen LogP contribution in [0.15, 0.2) is 0 Å².